The maximum absolute atomic E-state index is 14.3. The van der Waals surface area contributed by atoms with Crippen LogP contribution in [-0.4, -0.2) is 32.3 Å². The van der Waals surface area contributed by atoms with E-state index in [-0.39, 0.29) is 5.82 Å². The lowest BCUT2D eigenvalue weighted by Crippen LogP contribution is -2.58. The van der Waals surface area contributed by atoms with Crippen molar-refractivity contribution in [1.29, 1.82) is 0 Å². The van der Waals surface area contributed by atoms with Crippen LogP contribution in [0.2, 0.25) is 0 Å². The van der Waals surface area contributed by atoms with Crippen molar-refractivity contribution in [3.05, 3.63) is 24.0 Å². The molecule has 3 atom stereocenters. The highest BCUT2D eigenvalue weighted by Crippen LogP contribution is 2.29. The van der Waals surface area contributed by atoms with Crippen molar-refractivity contribution in [3.8, 4) is 5.75 Å². The van der Waals surface area contributed by atoms with Crippen LogP contribution in [-0.2, 0) is 0 Å². The van der Waals surface area contributed by atoms with Gasteiger partial charge in [-0.3, -0.25) is 0 Å². The highest BCUT2D eigenvalue weighted by molar-refractivity contribution is 5.53. The first-order valence-electron chi connectivity index (χ1n) is 7.94. The summed E-state index contributed by atoms with van der Waals surface area (Å²) >= 11 is 0. The first-order chi connectivity index (χ1) is 10.1. The van der Waals surface area contributed by atoms with Gasteiger partial charge in [-0.1, -0.05) is 27.2 Å². The summed E-state index contributed by atoms with van der Waals surface area (Å²) < 4.78 is 19.5. The van der Waals surface area contributed by atoms with Crippen LogP contribution in [0.1, 0.15) is 33.6 Å². The monoisotopic (exact) mass is 294 g/mol. The van der Waals surface area contributed by atoms with Crippen LogP contribution < -0.4 is 15.0 Å². The largest absolute Gasteiger partial charge is 0.497 e. The minimum Gasteiger partial charge on any atom is -0.497 e. The van der Waals surface area contributed by atoms with Crippen molar-refractivity contribution < 1.29 is 9.13 Å². The van der Waals surface area contributed by atoms with Crippen LogP contribution in [0.5, 0.6) is 5.75 Å². The molecule has 1 aliphatic rings. The van der Waals surface area contributed by atoms with Gasteiger partial charge >= 0.3 is 0 Å². The number of rotatable bonds is 5. The van der Waals surface area contributed by atoms with Gasteiger partial charge in [0, 0.05) is 31.2 Å². The number of halogens is 1. The second-order valence-corrected chi connectivity index (χ2v) is 5.93. The highest BCUT2D eigenvalue weighted by atomic mass is 19.1. The molecular weight excluding hydrogens is 267 g/mol. The summed E-state index contributed by atoms with van der Waals surface area (Å²) in [5.41, 5.74) is 0.663. The molecule has 2 rings (SSSR count). The SMILES string of the molecule is CCC(C)C1CN(c2cc(OC)ccc2F)C(CC)CN1. The summed E-state index contributed by atoms with van der Waals surface area (Å²) in [6.45, 7) is 8.36. The van der Waals surface area contributed by atoms with Crippen LogP contribution >= 0.6 is 0 Å². The van der Waals surface area contributed by atoms with E-state index >= 15 is 0 Å². The minimum atomic E-state index is -0.168. The second-order valence-electron chi connectivity index (χ2n) is 5.93. The highest BCUT2D eigenvalue weighted by Gasteiger charge is 2.30. The van der Waals surface area contributed by atoms with E-state index in [0.29, 0.717) is 29.4 Å². The summed E-state index contributed by atoms with van der Waals surface area (Å²) in [5.74, 6) is 1.12. The van der Waals surface area contributed by atoms with E-state index in [0.717, 1.165) is 25.9 Å². The van der Waals surface area contributed by atoms with Crippen LogP contribution in [0.15, 0.2) is 18.2 Å². The zero-order valence-corrected chi connectivity index (χ0v) is 13.5. The van der Waals surface area contributed by atoms with Crippen LogP contribution in [0.4, 0.5) is 10.1 Å². The fourth-order valence-corrected chi connectivity index (χ4v) is 2.99. The standard InChI is InChI=1S/C17H27FN2O/c1-5-12(3)16-11-20(13(6-2)10-19-16)17-9-14(21-4)7-8-15(17)18/h7-9,12-13,16,19H,5-6,10-11H2,1-4H3. The summed E-state index contributed by atoms with van der Waals surface area (Å²) in [6.07, 6.45) is 2.12. The molecule has 118 valence electrons. The summed E-state index contributed by atoms with van der Waals surface area (Å²) in [5, 5.41) is 3.62. The van der Waals surface area contributed by atoms with Gasteiger partial charge in [-0.2, -0.15) is 0 Å². The number of ether oxygens (including phenoxy) is 1. The topological polar surface area (TPSA) is 24.5 Å². The predicted octanol–water partition coefficient (Wildman–Crippen LogP) is 3.44. The molecule has 3 unspecified atom stereocenters. The molecule has 3 nitrogen and oxygen atoms in total. The van der Waals surface area contributed by atoms with Crippen LogP contribution in [0.3, 0.4) is 0 Å². The van der Waals surface area contributed by atoms with Crippen molar-refractivity contribution >= 4 is 5.69 Å². The van der Waals surface area contributed by atoms with Crippen LogP contribution in [0, 0.1) is 11.7 Å². The van der Waals surface area contributed by atoms with Gasteiger partial charge in [0.1, 0.15) is 11.6 Å². The Hall–Kier alpha value is -1.29. The summed E-state index contributed by atoms with van der Waals surface area (Å²) in [4.78, 5) is 2.21. The van der Waals surface area contributed by atoms with Gasteiger partial charge in [-0.15, -0.1) is 0 Å². The Balaban J connectivity index is 2.28. The molecule has 0 aromatic heterocycles. The number of nitrogens with zero attached hydrogens (tertiary/aromatic N) is 1. The number of nitrogens with one attached hydrogen (secondary N) is 1. The molecule has 1 saturated heterocycles. The smallest absolute Gasteiger partial charge is 0.146 e. The van der Waals surface area contributed by atoms with Gasteiger partial charge in [0.2, 0.25) is 0 Å². The zero-order chi connectivity index (χ0) is 15.4. The summed E-state index contributed by atoms with van der Waals surface area (Å²) in [6, 6.07) is 5.72. The van der Waals surface area contributed by atoms with Crippen molar-refractivity contribution in [2.45, 2.75) is 45.7 Å². The quantitative estimate of drug-likeness (QED) is 0.900. The van der Waals surface area contributed by atoms with Crippen molar-refractivity contribution in [1.82, 2.24) is 5.32 Å². The molecule has 0 spiro atoms. The van der Waals surface area contributed by atoms with Gasteiger partial charge in [0.15, 0.2) is 0 Å². The van der Waals surface area contributed by atoms with Crippen molar-refractivity contribution in [2.75, 3.05) is 25.1 Å². The molecule has 1 aromatic carbocycles. The Kier molecular flexibility index (Phi) is 5.45. The first kappa shape index (κ1) is 16.1. The molecular formula is C17H27FN2O. The Morgan fingerprint density at radius 3 is 2.81 bits per heavy atom. The Morgan fingerprint density at radius 2 is 2.19 bits per heavy atom. The van der Waals surface area contributed by atoms with Gasteiger partial charge in [-0.05, 0) is 24.5 Å². The fraction of sp³-hybridized carbons (Fsp3) is 0.647. The van der Waals surface area contributed by atoms with E-state index in [9.17, 15) is 4.39 Å². The van der Waals surface area contributed by atoms with E-state index in [2.05, 4.69) is 31.0 Å². The molecule has 1 heterocycles. The number of hydrogen-bond acceptors (Lipinski definition) is 3. The van der Waals surface area contributed by atoms with E-state index in [1.165, 1.54) is 6.07 Å². The van der Waals surface area contributed by atoms with Gasteiger partial charge in [0.25, 0.3) is 0 Å². The average Bonchev–Trinajstić information content (AvgIpc) is 2.54. The fourth-order valence-electron chi connectivity index (χ4n) is 2.99. The Bertz CT molecular complexity index is 466. The minimum absolute atomic E-state index is 0.168. The van der Waals surface area contributed by atoms with E-state index in [4.69, 9.17) is 4.74 Å². The number of anilines is 1. The molecule has 0 radical (unpaired) electrons. The third kappa shape index (κ3) is 3.49. The lowest BCUT2D eigenvalue weighted by atomic mass is 9.94. The molecule has 0 amide bonds. The number of benzene rings is 1. The predicted molar refractivity (Wildman–Crippen MR) is 85.6 cm³/mol. The average molecular weight is 294 g/mol. The lowest BCUT2D eigenvalue weighted by molar-refractivity contribution is 0.304. The maximum atomic E-state index is 14.3. The van der Waals surface area contributed by atoms with Gasteiger partial charge < -0.3 is 15.0 Å². The molecule has 4 heteroatoms. The van der Waals surface area contributed by atoms with Crippen molar-refractivity contribution in [2.24, 2.45) is 5.92 Å². The molecule has 1 aliphatic heterocycles. The van der Waals surface area contributed by atoms with Gasteiger partial charge in [-0.25, -0.2) is 4.39 Å². The third-order valence-electron chi connectivity index (χ3n) is 4.71. The number of hydrogen-bond donors (Lipinski definition) is 1. The maximum Gasteiger partial charge on any atom is 0.146 e. The molecule has 1 aromatic rings. The van der Waals surface area contributed by atoms with Crippen LogP contribution in [0.25, 0.3) is 0 Å². The van der Waals surface area contributed by atoms with Crippen molar-refractivity contribution in [3.63, 3.8) is 0 Å². The Labute approximate surface area is 127 Å². The van der Waals surface area contributed by atoms with Gasteiger partial charge in [0.05, 0.1) is 12.8 Å². The molecule has 0 aliphatic carbocycles. The van der Waals surface area contributed by atoms with E-state index in [1.54, 1.807) is 13.2 Å². The lowest BCUT2D eigenvalue weighted by Gasteiger charge is -2.43. The molecule has 21 heavy (non-hydrogen) atoms. The second kappa shape index (κ2) is 7.12. The Morgan fingerprint density at radius 1 is 1.43 bits per heavy atom. The van der Waals surface area contributed by atoms with E-state index < -0.39 is 0 Å². The first-order valence-corrected chi connectivity index (χ1v) is 7.94. The molecule has 0 bridgehead atoms. The zero-order valence-electron chi connectivity index (χ0n) is 13.5. The number of piperazine rings is 1. The molecule has 1 fully saturated rings. The number of methoxy groups -OCH3 is 1. The summed E-state index contributed by atoms with van der Waals surface area (Å²) in [7, 11) is 1.62. The molecule has 1 N–H and O–H groups in total. The normalized spacial score (nSPS) is 24.0. The van der Waals surface area contributed by atoms with E-state index in [1.807, 2.05) is 6.07 Å². The third-order valence-corrected chi connectivity index (χ3v) is 4.71. The molecule has 0 saturated carbocycles.